The highest BCUT2D eigenvalue weighted by Crippen LogP contribution is 2.26. The van der Waals surface area contributed by atoms with Crippen LogP contribution in [0.25, 0.3) is 0 Å². The molecule has 6 heteroatoms. The first-order chi connectivity index (χ1) is 12.2. The number of ether oxygens (including phenoxy) is 1. The summed E-state index contributed by atoms with van der Waals surface area (Å²) >= 11 is 7.47. The molecule has 1 fully saturated rings. The Labute approximate surface area is 157 Å². The van der Waals surface area contributed by atoms with Crippen molar-refractivity contribution in [3.8, 4) is 0 Å². The highest BCUT2D eigenvalue weighted by atomic mass is 35.5. The van der Waals surface area contributed by atoms with Crippen LogP contribution in [0.15, 0.2) is 48.5 Å². The van der Waals surface area contributed by atoms with Gasteiger partial charge in [-0.25, -0.2) is 0 Å². The monoisotopic (exact) mass is 376 g/mol. The number of anilines is 2. The quantitative estimate of drug-likeness (QED) is 0.825. The van der Waals surface area contributed by atoms with Gasteiger partial charge < -0.3 is 15.0 Å². The fourth-order valence-electron chi connectivity index (χ4n) is 2.69. The third-order valence-corrected chi connectivity index (χ3v) is 5.20. The number of thioether (sulfide) groups is 1. The van der Waals surface area contributed by atoms with Gasteiger partial charge in [0.15, 0.2) is 0 Å². The summed E-state index contributed by atoms with van der Waals surface area (Å²) in [5.41, 5.74) is 3.08. The molecule has 3 rings (SSSR count). The second-order valence-corrected chi connectivity index (χ2v) is 7.21. The number of morpholine rings is 1. The Kier molecular flexibility index (Phi) is 6.62. The van der Waals surface area contributed by atoms with Gasteiger partial charge in [-0.05, 0) is 29.8 Å². The lowest BCUT2D eigenvalue weighted by molar-refractivity contribution is -0.113. The van der Waals surface area contributed by atoms with Gasteiger partial charge in [-0.3, -0.25) is 4.79 Å². The molecule has 1 heterocycles. The number of para-hydroxylation sites is 2. The molecule has 4 nitrogen and oxygen atoms in total. The minimum absolute atomic E-state index is 0.0136. The summed E-state index contributed by atoms with van der Waals surface area (Å²) in [6.07, 6.45) is 0. The van der Waals surface area contributed by atoms with Gasteiger partial charge in [0.05, 0.1) is 30.3 Å². The van der Waals surface area contributed by atoms with Crippen molar-refractivity contribution >= 4 is 40.6 Å². The predicted molar refractivity (Wildman–Crippen MR) is 106 cm³/mol. The maximum atomic E-state index is 12.3. The van der Waals surface area contributed by atoms with E-state index in [2.05, 4.69) is 10.2 Å². The topological polar surface area (TPSA) is 41.6 Å². The average Bonchev–Trinajstić information content (AvgIpc) is 2.64. The lowest BCUT2D eigenvalue weighted by Gasteiger charge is -2.30. The Bertz CT molecular complexity index is 703. The molecule has 2 aromatic carbocycles. The minimum atomic E-state index is 0.0136. The standard InChI is InChI=1S/C19H21ClN2O2S/c20-16-7-5-15(6-8-16)13-25-14-19(23)21-17-3-1-2-4-18(17)22-9-11-24-12-10-22/h1-8H,9-14H2,(H,21,23). The molecule has 0 spiro atoms. The minimum Gasteiger partial charge on any atom is -0.378 e. The largest absolute Gasteiger partial charge is 0.378 e. The summed E-state index contributed by atoms with van der Waals surface area (Å²) in [4.78, 5) is 14.5. The molecule has 132 valence electrons. The van der Waals surface area contributed by atoms with E-state index in [-0.39, 0.29) is 5.91 Å². The molecule has 0 aromatic heterocycles. The molecule has 1 aliphatic heterocycles. The molecule has 1 amide bonds. The summed E-state index contributed by atoms with van der Waals surface area (Å²) in [5, 5.41) is 3.77. The summed E-state index contributed by atoms with van der Waals surface area (Å²) < 4.78 is 5.40. The van der Waals surface area contributed by atoms with Crippen LogP contribution < -0.4 is 10.2 Å². The Hall–Kier alpha value is -1.69. The van der Waals surface area contributed by atoms with Gasteiger partial charge in [-0.1, -0.05) is 35.9 Å². The van der Waals surface area contributed by atoms with Crippen molar-refractivity contribution in [2.75, 3.05) is 42.3 Å². The highest BCUT2D eigenvalue weighted by molar-refractivity contribution is 7.99. The first-order valence-electron chi connectivity index (χ1n) is 8.26. The van der Waals surface area contributed by atoms with E-state index in [0.717, 1.165) is 54.0 Å². The van der Waals surface area contributed by atoms with E-state index >= 15 is 0 Å². The van der Waals surface area contributed by atoms with E-state index in [1.807, 2.05) is 48.5 Å². The van der Waals surface area contributed by atoms with E-state index in [1.165, 1.54) is 0 Å². The number of hydrogen-bond acceptors (Lipinski definition) is 4. The molecule has 2 aromatic rings. The maximum absolute atomic E-state index is 12.3. The van der Waals surface area contributed by atoms with E-state index < -0.39 is 0 Å². The van der Waals surface area contributed by atoms with Crippen LogP contribution in [0.5, 0.6) is 0 Å². The number of hydrogen-bond donors (Lipinski definition) is 1. The lowest BCUT2D eigenvalue weighted by atomic mass is 10.2. The zero-order valence-corrected chi connectivity index (χ0v) is 15.5. The smallest absolute Gasteiger partial charge is 0.234 e. The Morgan fingerprint density at radius 3 is 2.60 bits per heavy atom. The number of carbonyl (C=O) groups excluding carboxylic acids is 1. The Morgan fingerprint density at radius 1 is 1.12 bits per heavy atom. The molecular weight excluding hydrogens is 356 g/mol. The van der Waals surface area contributed by atoms with Crippen LogP contribution in [0.3, 0.4) is 0 Å². The molecule has 0 atom stereocenters. The molecule has 0 unspecified atom stereocenters. The van der Waals surface area contributed by atoms with Crippen LogP contribution in [-0.4, -0.2) is 38.0 Å². The number of halogens is 1. The first kappa shape index (κ1) is 18.1. The molecule has 1 aliphatic rings. The third-order valence-electron chi connectivity index (χ3n) is 3.95. The predicted octanol–water partition coefficient (Wildman–Crippen LogP) is 4.05. The van der Waals surface area contributed by atoms with Crippen LogP contribution in [-0.2, 0) is 15.3 Å². The number of nitrogens with one attached hydrogen (secondary N) is 1. The molecule has 0 aliphatic carbocycles. The van der Waals surface area contributed by atoms with Crippen molar-refractivity contribution in [3.05, 3.63) is 59.1 Å². The average molecular weight is 377 g/mol. The second kappa shape index (κ2) is 9.13. The molecule has 0 bridgehead atoms. The summed E-state index contributed by atoms with van der Waals surface area (Å²) in [7, 11) is 0. The van der Waals surface area contributed by atoms with E-state index in [9.17, 15) is 4.79 Å². The molecule has 1 saturated heterocycles. The first-order valence-corrected chi connectivity index (χ1v) is 9.79. The van der Waals surface area contributed by atoms with E-state index in [1.54, 1.807) is 11.8 Å². The zero-order chi connectivity index (χ0) is 17.5. The van der Waals surface area contributed by atoms with Gasteiger partial charge in [-0.15, -0.1) is 11.8 Å². The van der Waals surface area contributed by atoms with Crippen molar-refractivity contribution in [1.29, 1.82) is 0 Å². The van der Waals surface area contributed by atoms with Gasteiger partial charge in [0.25, 0.3) is 0 Å². The van der Waals surface area contributed by atoms with Gasteiger partial charge in [0.1, 0.15) is 0 Å². The second-order valence-electron chi connectivity index (χ2n) is 5.78. The number of carbonyl (C=O) groups is 1. The zero-order valence-electron chi connectivity index (χ0n) is 13.9. The fraction of sp³-hybridized carbons (Fsp3) is 0.316. The van der Waals surface area contributed by atoms with Crippen LogP contribution >= 0.6 is 23.4 Å². The molecule has 25 heavy (non-hydrogen) atoms. The molecule has 1 N–H and O–H groups in total. The van der Waals surface area contributed by atoms with E-state index in [4.69, 9.17) is 16.3 Å². The normalized spacial score (nSPS) is 14.4. The number of rotatable bonds is 6. The maximum Gasteiger partial charge on any atom is 0.234 e. The summed E-state index contributed by atoms with van der Waals surface area (Å²) in [5.74, 6) is 1.22. The van der Waals surface area contributed by atoms with Crippen molar-refractivity contribution in [2.45, 2.75) is 5.75 Å². The van der Waals surface area contributed by atoms with Crippen molar-refractivity contribution in [2.24, 2.45) is 0 Å². The number of benzene rings is 2. The highest BCUT2D eigenvalue weighted by Gasteiger charge is 2.15. The SMILES string of the molecule is O=C(CSCc1ccc(Cl)cc1)Nc1ccccc1N1CCOCC1. The van der Waals surface area contributed by atoms with E-state index in [0.29, 0.717) is 5.75 Å². The summed E-state index contributed by atoms with van der Waals surface area (Å²) in [6.45, 7) is 3.13. The van der Waals surface area contributed by atoms with Gasteiger partial charge in [0.2, 0.25) is 5.91 Å². The number of nitrogens with zero attached hydrogens (tertiary/aromatic N) is 1. The Balaban J connectivity index is 1.53. The van der Waals surface area contributed by atoms with Gasteiger partial charge in [-0.2, -0.15) is 0 Å². The Morgan fingerprint density at radius 2 is 1.84 bits per heavy atom. The third kappa shape index (κ3) is 5.39. The fourth-order valence-corrected chi connectivity index (χ4v) is 3.60. The van der Waals surface area contributed by atoms with Crippen molar-refractivity contribution in [1.82, 2.24) is 0 Å². The lowest BCUT2D eigenvalue weighted by Crippen LogP contribution is -2.36. The van der Waals surface area contributed by atoms with Crippen LogP contribution in [0.1, 0.15) is 5.56 Å². The van der Waals surface area contributed by atoms with Gasteiger partial charge >= 0.3 is 0 Å². The van der Waals surface area contributed by atoms with Crippen LogP contribution in [0.2, 0.25) is 5.02 Å². The molecule has 0 radical (unpaired) electrons. The van der Waals surface area contributed by atoms with Crippen molar-refractivity contribution < 1.29 is 9.53 Å². The molecular formula is C19H21ClN2O2S. The molecule has 0 saturated carbocycles. The van der Waals surface area contributed by atoms with Gasteiger partial charge in [0, 0.05) is 23.9 Å². The number of amides is 1. The summed E-state index contributed by atoms with van der Waals surface area (Å²) in [6, 6.07) is 15.7. The van der Waals surface area contributed by atoms with Crippen LogP contribution in [0, 0.1) is 0 Å². The van der Waals surface area contributed by atoms with Crippen LogP contribution in [0.4, 0.5) is 11.4 Å². The van der Waals surface area contributed by atoms with Crippen molar-refractivity contribution in [3.63, 3.8) is 0 Å².